The van der Waals surface area contributed by atoms with Crippen molar-refractivity contribution in [1.82, 2.24) is 5.32 Å². The predicted octanol–water partition coefficient (Wildman–Crippen LogP) is 11.3. The van der Waals surface area contributed by atoms with Gasteiger partial charge in [0.05, 0.1) is 17.9 Å². The number of allylic oxidation sites excluding steroid dienone is 9. The van der Waals surface area contributed by atoms with Crippen molar-refractivity contribution >= 4 is 16.0 Å². The number of nitrogens with one attached hydrogen (secondary N) is 1. The lowest BCUT2D eigenvalue weighted by Crippen LogP contribution is -2.46. The van der Waals surface area contributed by atoms with Crippen LogP contribution in [0.5, 0.6) is 0 Å². The molecule has 0 radical (unpaired) electrons. The zero-order valence-corrected chi connectivity index (χ0v) is 31.7. The van der Waals surface area contributed by atoms with E-state index in [1.807, 2.05) is 18.2 Å². The number of aliphatic hydroxyl groups excluding tert-OH is 1. The number of hydrogen-bond acceptors (Lipinski definition) is 4. The summed E-state index contributed by atoms with van der Waals surface area (Å²) in [6.07, 6.45) is 48.0. The molecule has 6 nitrogen and oxygen atoms in total. The highest BCUT2D eigenvalue weighted by Crippen LogP contribution is 2.15. The molecule has 48 heavy (non-hydrogen) atoms. The molecule has 0 bridgehead atoms. The lowest BCUT2D eigenvalue weighted by atomic mass is 10.0. The average molecular weight is 692 g/mol. The number of amides is 1. The Morgan fingerprint density at radius 2 is 1.00 bits per heavy atom. The highest BCUT2D eigenvalue weighted by molar-refractivity contribution is 7.85. The highest BCUT2D eigenvalue weighted by Gasteiger charge is 2.24. The Labute approximate surface area is 296 Å². The van der Waals surface area contributed by atoms with Crippen LogP contribution in [0, 0.1) is 0 Å². The van der Waals surface area contributed by atoms with Gasteiger partial charge in [0.2, 0.25) is 5.91 Å². The molecule has 0 aliphatic rings. The van der Waals surface area contributed by atoms with E-state index in [4.69, 9.17) is 0 Å². The van der Waals surface area contributed by atoms with Gasteiger partial charge in [0.1, 0.15) is 0 Å². The molecule has 0 aromatic carbocycles. The smallest absolute Gasteiger partial charge is 0.267 e. The fourth-order valence-electron chi connectivity index (χ4n) is 5.58. The number of rotatable bonds is 34. The second-order valence-electron chi connectivity index (χ2n) is 13.2. The molecule has 0 aliphatic heterocycles. The Hall–Kier alpha value is -1.96. The molecule has 1 amide bonds. The van der Waals surface area contributed by atoms with Gasteiger partial charge in [-0.1, -0.05) is 184 Å². The largest absolute Gasteiger partial charge is 0.387 e. The number of carbonyl (C=O) groups is 1. The van der Waals surface area contributed by atoms with E-state index in [1.165, 1.54) is 109 Å². The summed E-state index contributed by atoms with van der Waals surface area (Å²) in [5.41, 5.74) is 0. The molecular weight excluding hydrogens is 619 g/mol. The first kappa shape index (κ1) is 46.0. The van der Waals surface area contributed by atoms with Crippen LogP contribution < -0.4 is 5.32 Å². The maximum Gasteiger partial charge on any atom is 0.267 e. The molecule has 0 spiro atoms. The summed E-state index contributed by atoms with van der Waals surface area (Å²) in [5, 5.41) is 13.1. The summed E-state index contributed by atoms with van der Waals surface area (Å²) in [6, 6.07) is -1.10. The van der Waals surface area contributed by atoms with Crippen molar-refractivity contribution in [3.63, 3.8) is 0 Å². The van der Waals surface area contributed by atoms with Gasteiger partial charge >= 0.3 is 0 Å². The van der Waals surface area contributed by atoms with Crippen molar-refractivity contribution in [2.75, 3.05) is 5.75 Å². The fraction of sp³-hybridized carbons (Fsp3) is 0.732. The number of hydrogen-bond donors (Lipinski definition) is 3. The quantitative estimate of drug-likeness (QED) is 0.0354. The number of carbonyl (C=O) groups excluding carboxylic acids is 1. The predicted molar refractivity (Wildman–Crippen MR) is 207 cm³/mol. The van der Waals surface area contributed by atoms with Crippen LogP contribution in [-0.2, 0) is 14.9 Å². The monoisotopic (exact) mass is 692 g/mol. The van der Waals surface area contributed by atoms with Crippen LogP contribution in [0.4, 0.5) is 0 Å². The van der Waals surface area contributed by atoms with Gasteiger partial charge in [-0.05, 0) is 44.9 Å². The first-order valence-electron chi connectivity index (χ1n) is 19.5. The van der Waals surface area contributed by atoms with E-state index in [-0.39, 0.29) is 12.3 Å². The van der Waals surface area contributed by atoms with E-state index in [9.17, 15) is 22.9 Å². The lowest BCUT2D eigenvalue weighted by molar-refractivity contribution is -0.122. The van der Waals surface area contributed by atoms with Crippen molar-refractivity contribution in [3.8, 4) is 0 Å². The van der Waals surface area contributed by atoms with Gasteiger partial charge in [0, 0.05) is 6.42 Å². The highest BCUT2D eigenvalue weighted by atomic mass is 32.2. The van der Waals surface area contributed by atoms with Crippen LogP contribution in [0.3, 0.4) is 0 Å². The van der Waals surface area contributed by atoms with Crippen LogP contribution >= 0.6 is 0 Å². The molecule has 7 heteroatoms. The minimum absolute atomic E-state index is 0.173. The molecule has 0 aliphatic carbocycles. The molecule has 0 aromatic rings. The van der Waals surface area contributed by atoms with Crippen LogP contribution in [0.2, 0.25) is 0 Å². The lowest BCUT2D eigenvalue weighted by Gasteiger charge is -2.20. The molecule has 2 atom stereocenters. The van der Waals surface area contributed by atoms with Gasteiger partial charge in [-0.3, -0.25) is 9.35 Å². The fourth-order valence-corrected chi connectivity index (χ4v) is 6.31. The van der Waals surface area contributed by atoms with Crippen molar-refractivity contribution < 1.29 is 22.9 Å². The molecule has 0 heterocycles. The van der Waals surface area contributed by atoms with E-state index < -0.39 is 28.0 Å². The number of unbranched alkanes of at least 4 members (excludes halogenated alkanes) is 18. The molecule has 0 saturated heterocycles. The summed E-state index contributed by atoms with van der Waals surface area (Å²) in [7, 11) is -4.37. The Bertz CT molecular complexity index is 983. The average Bonchev–Trinajstić information content (AvgIpc) is 3.05. The van der Waals surface area contributed by atoms with E-state index in [1.54, 1.807) is 0 Å². The third-order valence-electron chi connectivity index (χ3n) is 8.46. The summed E-state index contributed by atoms with van der Waals surface area (Å²) in [4.78, 5) is 12.4. The van der Waals surface area contributed by atoms with Crippen LogP contribution in [0.25, 0.3) is 0 Å². The molecular formula is C41H73NO5S. The summed E-state index contributed by atoms with van der Waals surface area (Å²) in [5.74, 6) is -1.09. The third-order valence-corrected chi connectivity index (χ3v) is 9.24. The molecule has 2 unspecified atom stereocenters. The second kappa shape index (κ2) is 34.9. The van der Waals surface area contributed by atoms with Crippen LogP contribution in [0.1, 0.15) is 174 Å². The third kappa shape index (κ3) is 35.3. The van der Waals surface area contributed by atoms with Gasteiger partial charge in [-0.2, -0.15) is 8.42 Å². The van der Waals surface area contributed by atoms with Crippen molar-refractivity contribution in [1.29, 1.82) is 0 Å². The first-order valence-corrected chi connectivity index (χ1v) is 21.1. The summed E-state index contributed by atoms with van der Waals surface area (Å²) in [6.45, 7) is 4.39. The van der Waals surface area contributed by atoms with Crippen molar-refractivity contribution in [2.24, 2.45) is 0 Å². The summed E-state index contributed by atoms with van der Waals surface area (Å²) < 4.78 is 32.4. The maximum absolute atomic E-state index is 12.4. The topological polar surface area (TPSA) is 104 Å². The molecule has 0 rings (SSSR count). The molecule has 0 aromatic heterocycles. The zero-order valence-electron chi connectivity index (χ0n) is 30.8. The van der Waals surface area contributed by atoms with E-state index >= 15 is 0 Å². The zero-order chi connectivity index (χ0) is 35.4. The molecule has 3 N–H and O–H groups in total. The van der Waals surface area contributed by atoms with Crippen LogP contribution in [-0.4, -0.2) is 41.9 Å². The van der Waals surface area contributed by atoms with Gasteiger partial charge in [-0.25, -0.2) is 0 Å². The van der Waals surface area contributed by atoms with Gasteiger partial charge in [-0.15, -0.1) is 0 Å². The van der Waals surface area contributed by atoms with Gasteiger partial charge in [0.15, 0.2) is 0 Å². The standard InChI is InChI=1S/C41H73NO5S/c1-3-5-7-9-11-13-15-17-18-19-20-21-22-23-25-26-28-30-32-34-36-40(43)39(38-48(45,46)47)42-41(44)37-35-33-31-29-27-24-16-14-12-10-8-6-4-2/h6,8,12,14,24,27,31,33-34,36,39-40,43H,3-5,7,9-11,13,15-23,25-26,28-30,32,35,37-38H2,1-2H3,(H,42,44)(H,45,46,47)/b8-6-,14-12-,27-24-,33-31-,36-34+. The van der Waals surface area contributed by atoms with E-state index in [2.05, 4.69) is 55.6 Å². The minimum Gasteiger partial charge on any atom is -0.387 e. The van der Waals surface area contributed by atoms with E-state index in [0.717, 1.165) is 44.9 Å². The van der Waals surface area contributed by atoms with Gasteiger partial charge < -0.3 is 10.4 Å². The molecule has 278 valence electrons. The summed E-state index contributed by atoms with van der Waals surface area (Å²) >= 11 is 0. The Balaban J connectivity index is 4.01. The van der Waals surface area contributed by atoms with E-state index in [0.29, 0.717) is 6.42 Å². The van der Waals surface area contributed by atoms with Crippen LogP contribution in [0.15, 0.2) is 60.8 Å². The second-order valence-corrected chi connectivity index (χ2v) is 14.7. The normalized spacial score (nSPS) is 14.0. The SMILES string of the molecule is CC/C=C\C/C=C\C/C=C\C/C=C\CCC(=O)NC(CS(=O)(=O)O)C(O)/C=C/CCCCCCCCCCCCCCCCCCCC. The Morgan fingerprint density at radius 3 is 1.44 bits per heavy atom. The molecule has 0 saturated carbocycles. The van der Waals surface area contributed by atoms with Crippen molar-refractivity contribution in [2.45, 2.75) is 187 Å². The van der Waals surface area contributed by atoms with Gasteiger partial charge in [0.25, 0.3) is 10.1 Å². The number of aliphatic hydroxyl groups is 1. The van der Waals surface area contributed by atoms with Crippen molar-refractivity contribution in [3.05, 3.63) is 60.8 Å². The minimum atomic E-state index is -4.37. The first-order chi connectivity index (χ1) is 23.3. The maximum atomic E-state index is 12.4. The Kier molecular flexibility index (Phi) is 33.5. The Morgan fingerprint density at radius 1 is 0.583 bits per heavy atom. The molecule has 0 fully saturated rings.